The van der Waals surface area contributed by atoms with Gasteiger partial charge in [0.05, 0.1) is 23.9 Å². The number of rotatable bonds is 3. The molecule has 0 aliphatic carbocycles. The van der Waals surface area contributed by atoms with E-state index in [4.69, 9.17) is 10.00 Å². The summed E-state index contributed by atoms with van der Waals surface area (Å²) >= 11 is 0. The number of nitrogens with zero attached hydrogens (tertiary/aromatic N) is 2. The first kappa shape index (κ1) is 15.2. The van der Waals surface area contributed by atoms with Crippen molar-refractivity contribution in [1.82, 2.24) is 4.98 Å². The van der Waals surface area contributed by atoms with Crippen molar-refractivity contribution in [2.45, 2.75) is 6.92 Å². The fourth-order valence-corrected chi connectivity index (χ4v) is 1.73. The predicted molar refractivity (Wildman–Crippen MR) is 76.4 cm³/mol. The first-order chi connectivity index (χ1) is 10.5. The Morgan fingerprint density at radius 2 is 1.77 bits per heavy atom. The average Bonchev–Trinajstić information content (AvgIpc) is 2.54. The summed E-state index contributed by atoms with van der Waals surface area (Å²) in [4.78, 5) is 27.3. The molecule has 22 heavy (non-hydrogen) atoms. The van der Waals surface area contributed by atoms with Crippen molar-refractivity contribution in [2.24, 2.45) is 0 Å². The van der Waals surface area contributed by atoms with E-state index in [0.29, 0.717) is 16.8 Å². The monoisotopic (exact) mass is 296 g/mol. The third-order valence-corrected chi connectivity index (χ3v) is 2.90. The lowest BCUT2D eigenvalue weighted by molar-refractivity contribution is 0.0600. The van der Waals surface area contributed by atoms with Crippen molar-refractivity contribution < 1.29 is 19.1 Å². The molecule has 2 rings (SSSR count). The molecule has 0 saturated heterocycles. The molecule has 0 fully saturated rings. The van der Waals surface area contributed by atoms with Gasteiger partial charge in [-0.25, -0.2) is 14.6 Å². The molecule has 6 heteroatoms. The Bertz CT molecular complexity index is 761. The van der Waals surface area contributed by atoms with Crippen LogP contribution in [0.25, 0.3) is 0 Å². The molecular formula is C16H12N2O4. The summed E-state index contributed by atoms with van der Waals surface area (Å²) in [5.41, 5.74) is 1.32. The zero-order valence-electron chi connectivity index (χ0n) is 12.0. The maximum Gasteiger partial charge on any atom is 0.362 e. The van der Waals surface area contributed by atoms with E-state index in [1.807, 2.05) is 6.07 Å². The van der Waals surface area contributed by atoms with Gasteiger partial charge in [0.15, 0.2) is 0 Å². The van der Waals surface area contributed by atoms with Crippen LogP contribution in [0.4, 0.5) is 0 Å². The maximum atomic E-state index is 12.0. The fourth-order valence-electron chi connectivity index (χ4n) is 1.73. The number of benzene rings is 1. The SMILES string of the molecule is COC(=O)c1ccc(OC(=O)c2ccc(C#N)c(C)n2)cc1. The number of nitriles is 1. The second kappa shape index (κ2) is 6.50. The van der Waals surface area contributed by atoms with E-state index >= 15 is 0 Å². The van der Waals surface area contributed by atoms with Crippen LogP contribution < -0.4 is 4.74 Å². The molecule has 1 aromatic heterocycles. The molecule has 1 heterocycles. The number of hydrogen-bond donors (Lipinski definition) is 0. The molecule has 110 valence electrons. The number of hydrogen-bond acceptors (Lipinski definition) is 6. The minimum atomic E-state index is -0.640. The van der Waals surface area contributed by atoms with Gasteiger partial charge in [-0.1, -0.05) is 0 Å². The molecule has 2 aromatic rings. The van der Waals surface area contributed by atoms with Crippen LogP contribution in [0.15, 0.2) is 36.4 Å². The molecule has 0 saturated carbocycles. The number of carbonyl (C=O) groups excluding carboxylic acids is 2. The van der Waals surface area contributed by atoms with Crippen LogP contribution in [-0.4, -0.2) is 24.0 Å². The van der Waals surface area contributed by atoms with Crippen LogP contribution in [0.5, 0.6) is 5.75 Å². The molecule has 1 aromatic carbocycles. The van der Waals surface area contributed by atoms with Gasteiger partial charge >= 0.3 is 11.9 Å². The van der Waals surface area contributed by atoms with E-state index in [1.165, 1.54) is 43.5 Å². The summed E-state index contributed by atoms with van der Waals surface area (Å²) in [5.74, 6) is -0.831. The summed E-state index contributed by atoms with van der Waals surface area (Å²) in [6, 6.07) is 10.9. The molecule has 0 radical (unpaired) electrons. The average molecular weight is 296 g/mol. The van der Waals surface area contributed by atoms with E-state index < -0.39 is 11.9 Å². The van der Waals surface area contributed by atoms with Gasteiger partial charge in [0.25, 0.3) is 0 Å². The first-order valence-corrected chi connectivity index (χ1v) is 6.33. The molecule has 6 nitrogen and oxygen atoms in total. The summed E-state index contributed by atoms with van der Waals surface area (Å²) in [6.07, 6.45) is 0. The largest absolute Gasteiger partial charge is 0.465 e. The lowest BCUT2D eigenvalue weighted by atomic mass is 10.2. The molecule has 0 N–H and O–H groups in total. The molecule has 0 aliphatic rings. The lowest BCUT2D eigenvalue weighted by Gasteiger charge is -2.05. The summed E-state index contributed by atoms with van der Waals surface area (Å²) < 4.78 is 9.74. The summed E-state index contributed by atoms with van der Waals surface area (Å²) in [7, 11) is 1.29. The minimum Gasteiger partial charge on any atom is -0.465 e. The Morgan fingerprint density at radius 3 is 2.32 bits per heavy atom. The fraction of sp³-hybridized carbons (Fsp3) is 0.125. The van der Waals surface area contributed by atoms with Gasteiger partial charge in [-0.2, -0.15) is 5.26 Å². The third-order valence-electron chi connectivity index (χ3n) is 2.90. The van der Waals surface area contributed by atoms with Crippen LogP contribution >= 0.6 is 0 Å². The number of esters is 2. The highest BCUT2D eigenvalue weighted by atomic mass is 16.5. The van der Waals surface area contributed by atoms with Gasteiger partial charge in [0, 0.05) is 0 Å². The highest BCUT2D eigenvalue weighted by Gasteiger charge is 2.13. The highest BCUT2D eigenvalue weighted by Crippen LogP contribution is 2.15. The predicted octanol–water partition coefficient (Wildman–Crippen LogP) is 2.27. The second-order valence-corrected chi connectivity index (χ2v) is 4.35. The Labute approximate surface area is 126 Å². The highest BCUT2D eigenvalue weighted by molar-refractivity contribution is 5.90. The van der Waals surface area contributed by atoms with Crippen molar-refractivity contribution in [2.75, 3.05) is 7.11 Å². The number of aryl methyl sites for hydroxylation is 1. The van der Waals surface area contributed by atoms with Crippen molar-refractivity contribution in [3.05, 3.63) is 58.9 Å². The number of aromatic nitrogens is 1. The van der Waals surface area contributed by atoms with Gasteiger partial charge in [-0.05, 0) is 43.3 Å². The van der Waals surface area contributed by atoms with Gasteiger partial charge in [0.2, 0.25) is 0 Å². The zero-order valence-corrected chi connectivity index (χ0v) is 12.0. The summed E-state index contributed by atoms with van der Waals surface area (Å²) in [5, 5.41) is 8.83. The van der Waals surface area contributed by atoms with Crippen LogP contribution in [0.3, 0.4) is 0 Å². The molecule has 0 atom stereocenters. The van der Waals surface area contributed by atoms with Gasteiger partial charge in [-0.15, -0.1) is 0 Å². The number of methoxy groups -OCH3 is 1. The third kappa shape index (κ3) is 3.27. The number of ether oxygens (including phenoxy) is 2. The molecule has 0 spiro atoms. The van der Waals surface area contributed by atoms with Crippen LogP contribution in [0, 0.1) is 18.3 Å². The lowest BCUT2D eigenvalue weighted by Crippen LogP contribution is -2.11. The number of pyridine rings is 1. The normalized spacial score (nSPS) is 9.68. The standard InChI is InChI=1S/C16H12N2O4/c1-10-12(9-17)5-8-14(18-10)16(20)22-13-6-3-11(4-7-13)15(19)21-2/h3-8H,1-2H3. The van der Waals surface area contributed by atoms with E-state index in [2.05, 4.69) is 9.72 Å². The van der Waals surface area contributed by atoms with Gasteiger partial charge < -0.3 is 9.47 Å². The molecule has 0 bridgehead atoms. The van der Waals surface area contributed by atoms with Gasteiger partial charge in [0.1, 0.15) is 17.5 Å². The van der Waals surface area contributed by atoms with Gasteiger partial charge in [-0.3, -0.25) is 0 Å². The Balaban J connectivity index is 2.13. The zero-order chi connectivity index (χ0) is 16.1. The minimum absolute atomic E-state index is 0.105. The van der Waals surface area contributed by atoms with Crippen LogP contribution in [0.2, 0.25) is 0 Å². The van der Waals surface area contributed by atoms with Crippen LogP contribution in [0.1, 0.15) is 32.1 Å². The van der Waals surface area contributed by atoms with Crippen molar-refractivity contribution >= 4 is 11.9 Å². The smallest absolute Gasteiger partial charge is 0.362 e. The maximum absolute atomic E-state index is 12.0. The number of carbonyl (C=O) groups is 2. The van der Waals surface area contributed by atoms with E-state index in [-0.39, 0.29) is 11.4 Å². The van der Waals surface area contributed by atoms with Crippen LogP contribution in [-0.2, 0) is 4.74 Å². The topological polar surface area (TPSA) is 89.3 Å². The van der Waals surface area contributed by atoms with Crippen molar-refractivity contribution in [1.29, 1.82) is 5.26 Å². The Morgan fingerprint density at radius 1 is 1.09 bits per heavy atom. The quantitative estimate of drug-likeness (QED) is 0.637. The summed E-state index contributed by atoms with van der Waals surface area (Å²) in [6.45, 7) is 1.64. The van der Waals surface area contributed by atoms with Crippen molar-refractivity contribution in [3.63, 3.8) is 0 Å². The molecule has 0 aliphatic heterocycles. The van der Waals surface area contributed by atoms with Crippen molar-refractivity contribution in [3.8, 4) is 11.8 Å². The first-order valence-electron chi connectivity index (χ1n) is 6.33. The molecule has 0 amide bonds. The molecular weight excluding hydrogens is 284 g/mol. The second-order valence-electron chi connectivity index (χ2n) is 4.35. The Kier molecular flexibility index (Phi) is 4.49. The Hall–Kier alpha value is -3.20. The van der Waals surface area contributed by atoms with E-state index in [9.17, 15) is 9.59 Å². The van der Waals surface area contributed by atoms with E-state index in [1.54, 1.807) is 6.92 Å². The van der Waals surface area contributed by atoms with E-state index in [0.717, 1.165) is 0 Å². The molecule has 0 unspecified atom stereocenters.